The highest BCUT2D eigenvalue weighted by molar-refractivity contribution is 5.93. The molecule has 0 spiro atoms. The molecule has 2 aromatic carbocycles. The van der Waals surface area contributed by atoms with Crippen LogP contribution < -0.4 is 15.4 Å². The summed E-state index contributed by atoms with van der Waals surface area (Å²) in [4.78, 5) is 25.4. The van der Waals surface area contributed by atoms with Gasteiger partial charge in [0.15, 0.2) is 0 Å². The molecule has 0 aliphatic carbocycles. The van der Waals surface area contributed by atoms with Crippen LogP contribution in [0.15, 0.2) is 61.2 Å². The molecule has 0 saturated heterocycles. The Morgan fingerprint density at radius 1 is 1.11 bits per heavy atom. The van der Waals surface area contributed by atoms with Crippen molar-refractivity contribution in [3.05, 3.63) is 66.7 Å². The van der Waals surface area contributed by atoms with Gasteiger partial charge in [0.05, 0.1) is 6.54 Å². The van der Waals surface area contributed by atoms with Crippen LogP contribution in [-0.2, 0) is 16.0 Å². The van der Waals surface area contributed by atoms with E-state index in [1.165, 1.54) is 0 Å². The van der Waals surface area contributed by atoms with E-state index in [0.29, 0.717) is 25.2 Å². The number of amides is 2. The Morgan fingerprint density at radius 3 is 2.54 bits per heavy atom. The molecule has 6 nitrogen and oxygen atoms in total. The van der Waals surface area contributed by atoms with Crippen LogP contribution in [0.5, 0.6) is 5.75 Å². The molecule has 2 amide bonds. The fourth-order valence-electron chi connectivity index (χ4n) is 2.47. The normalized spacial score (nSPS) is 10.1. The third-order valence-electron chi connectivity index (χ3n) is 4.02. The number of nitrogens with zero attached hydrogens (tertiary/aromatic N) is 1. The van der Waals surface area contributed by atoms with Gasteiger partial charge in [0.1, 0.15) is 12.4 Å². The Hall–Kier alpha value is -3.28. The summed E-state index contributed by atoms with van der Waals surface area (Å²) >= 11 is 0. The van der Waals surface area contributed by atoms with Crippen LogP contribution in [0.3, 0.4) is 0 Å². The van der Waals surface area contributed by atoms with E-state index in [2.05, 4.69) is 17.2 Å². The minimum absolute atomic E-state index is 0.0995. The second kappa shape index (κ2) is 10.8. The molecule has 0 aliphatic rings. The monoisotopic (exact) mass is 381 g/mol. The maximum atomic E-state index is 12.1. The molecule has 0 saturated carbocycles. The number of carbonyl (C=O) groups excluding carboxylic acids is 2. The minimum atomic E-state index is -0.145. The van der Waals surface area contributed by atoms with Gasteiger partial charge < -0.3 is 20.3 Å². The third-order valence-corrected chi connectivity index (χ3v) is 4.02. The smallest absolute Gasteiger partial charge is 0.243 e. The molecule has 28 heavy (non-hydrogen) atoms. The lowest BCUT2D eigenvalue weighted by Crippen LogP contribution is -2.22. The summed E-state index contributed by atoms with van der Waals surface area (Å²) in [6.45, 7) is 4.19. The lowest BCUT2D eigenvalue weighted by Gasteiger charge is -2.11. The quantitative estimate of drug-likeness (QED) is 0.620. The van der Waals surface area contributed by atoms with E-state index in [0.717, 1.165) is 16.9 Å². The molecule has 0 bridgehead atoms. The van der Waals surface area contributed by atoms with Crippen molar-refractivity contribution in [3.8, 4) is 5.75 Å². The van der Waals surface area contributed by atoms with Crippen LogP contribution in [0.1, 0.15) is 12.0 Å². The molecular weight excluding hydrogens is 354 g/mol. The summed E-state index contributed by atoms with van der Waals surface area (Å²) < 4.78 is 5.47. The predicted molar refractivity (Wildman–Crippen MR) is 113 cm³/mol. The molecular formula is C22H27N3O3. The van der Waals surface area contributed by atoms with Crippen molar-refractivity contribution in [1.82, 2.24) is 4.90 Å². The molecule has 0 radical (unpaired) electrons. The lowest BCUT2D eigenvalue weighted by molar-refractivity contribution is -0.128. The summed E-state index contributed by atoms with van der Waals surface area (Å²) in [7, 11) is 3.50. The first-order valence-corrected chi connectivity index (χ1v) is 9.14. The Morgan fingerprint density at radius 2 is 1.86 bits per heavy atom. The molecule has 0 aliphatic heterocycles. The Labute approximate surface area is 166 Å². The molecule has 148 valence electrons. The summed E-state index contributed by atoms with van der Waals surface area (Å²) in [5, 5.41) is 5.93. The average molecular weight is 381 g/mol. The minimum Gasteiger partial charge on any atom is -0.489 e. The summed E-state index contributed by atoms with van der Waals surface area (Å²) in [6.07, 6.45) is 2.83. The van der Waals surface area contributed by atoms with Crippen molar-refractivity contribution in [2.24, 2.45) is 0 Å². The third kappa shape index (κ3) is 7.15. The highest BCUT2D eigenvalue weighted by atomic mass is 16.5. The second-order valence-electron chi connectivity index (χ2n) is 6.51. The first-order chi connectivity index (χ1) is 13.5. The first kappa shape index (κ1) is 21.0. The van der Waals surface area contributed by atoms with Crippen LogP contribution in [-0.4, -0.2) is 44.0 Å². The van der Waals surface area contributed by atoms with Crippen LogP contribution in [0.2, 0.25) is 0 Å². The largest absolute Gasteiger partial charge is 0.489 e. The topological polar surface area (TPSA) is 70.7 Å². The maximum absolute atomic E-state index is 12.1. The zero-order chi connectivity index (χ0) is 20.4. The molecule has 6 heteroatoms. The van der Waals surface area contributed by atoms with Crippen molar-refractivity contribution in [3.63, 3.8) is 0 Å². The van der Waals surface area contributed by atoms with Crippen LogP contribution >= 0.6 is 0 Å². The van der Waals surface area contributed by atoms with Gasteiger partial charge in [0.25, 0.3) is 0 Å². The average Bonchev–Trinajstić information content (AvgIpc) is 2.70. The molecule has 2 aromatic rings. The van der Waals surface area contributed by atoms with Gasteiger partial charge in [-0.1, -0.05) is 30.9 Å². The van der Waals surface area contributed by atoms with Gasteiger partial charge >= 0.3 is 0 Å². The summed E-state index contributed by atoms with van der Waals surface area (Å²) in [5.74, 6) is 0.670. The van der Waals surface area contributed by atoms with E-state index < -0.39 is 0 Å². The van der Waals surface area contributed by atoms with E-state index in [-0.39, 0.29) is 18.4 Å². The summed E-state index contributed by atoms with van der Waals surface area (Å²) in [5.41, 5.74) is 2.58. The molecule has 0 unspecified atom stereocenters. The number of ether oxygens (including phenoxy) is 1. The van der Waals surface area contributed by atoms with Crippen molar-refractivity contribution in [2.45, 2.75) is 12.8 Å². The molecule has 0 atom stereocenters. The Kier molecular flexibility index (Phi) is 8.09. The zero-order valence-electron chi connectivity index (χ0n) is 16.4. The van der Waals surface area contributed by atoms with Crippen molar-refractivity contribution in [2.75, 3.05) is 37.9 Å². The molecule has 2 N–H and O–H groups in total. The fourth-order valence-corrected chi connectivity index (χ4v) is 2.47. The second-order valence-corrected chi connectivity index (χ2v) is 6.51. The summed E-state index contributed by atoms with van der Waals surface area (Å²) in [6, 6.07) is 15.0. The number of hydrogen-bond donors (Lipinski definition) is 2. The fraction of sp³-hybridized carbons (Fsp3) is 0.273. The van der Waals surface area contributed by atoms with E-state index >= 15 is 0 Å². The highest BCUT2D eigenvalue weighted by Gasteiger charge is 2.06. The van der Waals surface area contributed by atoms with E-state index in [9.17, 15) is 9.59 Å². The Balaban J connectivity index is 1.80. The molecule has 2 rings (SSSR count). The Bertz CT molecular complexity index is 801. The number of benzene rings is 2. The van der Waals surface area contributed by atoms with E-state index in [1.807, 2.05) is 48.5 Å². The number of rotatable bonds is 10. The zero-order valence-corrected chi connectivity index (χ0v) is 16.4. The van der Waals surface area contributed by atoms with Crippen LogP contribution in [0.25, 0.3) is 0 Å². The number of aryl methyl sites for hydroxylation is 1. The number of anilines is 2. The van der Waals surface area contributed by atoms with Gasteiger partial charge in [-0.05, 0) is 36.2 Å². The molecule has 0 aromatic heterocycles. The van der Waals surface area contributed by atoms with Gasteiger partial charge in [-0.25, -0.2) is 0 Å². The van der Waals surface area contributed by atoms with Crippen molar-refractivity contribution >= 4 is 23.2 Å². The van der Waals surface area contributed by atoms with Crippen molar-refractivity contribution < 1.29 is 14.3 Å². The van der Waals surface area contributed by atoms with E-state index in [4.69, 9.17) is 4.74 Å². The first-order valence-electron chi connectivity index (χ1n) is 9.14. The highest BCUT2D eigenvalue weighted by Crippen LogP contribution is 2.17. The van der Waals surface area contributed by atoms with Gasteiger partial charge in [0, 0.05) is 38.0 Å². The van der Waals surface area contributed by atoms with Crippen LogP contribution in [0, 0.1) is 0 Å². The predicted octanol–water partition coefficient (Wildman–Crippen LogP) is 3.32. The standard InChI is InChI=1S/C22H27N3O3/c1-4-14-28-20-7-5-6-19(15-20)23-16-21(26)24-18-11-8-17(9-12-18)10-13-22(27)25(2)3/h4-9,11-12,15,23H,1,10,13-14,16H2,2-3H3,(H,24,26). The SMILES string of the molecule is C=CCOc1cccc(NCC(=O)Nc2ccc(CCC(=O)N(C)C)cc2)c1. The van der Waals surface area contributed by atoms with E-state index in [1.54, 1.807) is 25.1 Å². The number of carbonyl (C=O) groups is 2. The number of nitrogens with one attached hydrogen (secondary N) is 2. The molecule has 0 heterocycles. The van der Waals surface area contributed by atoms with Gasteiger partial charge in [0.2, 0.25) is 11.8 Å². The number of hydrogen-bond acceptors (Lipinski definition) is 4. The van der Waals surface area contributed by atoms with Crippen LogP contribution in [0.4, 0.5) is 11.4 Å². The van der Waals surface area contributed by atoms with Gasteiger partial charge in [-0.3, -0.25) is 9.59 Å². The van der Waals surface area contributed by atoms with Gasteiger partial charge in [-0.15, -0.1) is 0 Å². The molecule has 0 fully saturated rings. The maximum Gasteiger partial charge on any atom is 0.243 e. The van der Waals surface area contributed by atoms with Crippen molar-refractivity contribution in [1.29, 1.82) is 0 Å². The van der Waals surface area contributed by atoms with Gasteiger partial charge in [-0.2, -0.15) is 0 Å². The lowest BCUT2D eigenvalue weighted by atomic mass is 10.1.